The predicted molar refractivity (Wildman–Crippen MR) is 108 cm³/mol. The van der Waals surface area contributed by atoms with E-state index >= 15 is 0 Å². The van der Waals surface area contributed by atoms with Crippen LogP contribution in [-0.2, 0) is 4.79 Å². The molecule has 2 heterocycles. The molecule has 0 bridgehead atoms. The van der Waals surface area contributed by atoms with Gasteiger partial charge in [-0.05, 0) is 25.0 Å². The van der Waals surface area contributed by atoms with E-state index in [1.807, 2.05) is 13.1 Å². The monoisotopic (exact) mass is 361 g/mol. The first kappa shape index (κ1) is 20.0. The van der Waals surface area contributed by atoms with E-state index in [0.717, 1.165) is 49.1 Å². The molecule has 0 aromatic carbocycles. The summed E-state index contributed by atoms with van der Waals surface area (Å²) in [5, 5.41) is 12.0. The summed E-state index contributed by atoms with van der Waals surface area (Å²) in [4.78, 5) is 24.3. The zero-order valence-electron chi connectivity index (χ0n) is 16.2. The molecule has 0 amide bonds. The lowest BCUT2D eigenvalue weighted by Gasteiger charge is -2.31. The van der Waals surface area contributed by atoms with Crippen molar-refractivity contribution in [3.63, 3.8) is 0 Å². The Morgan fingerprint density at radius 1 is 1.31 bits per heavy atom. The number of unbranched alkanes of at least 4 members (excludes halogenated alkanes) is 2. The summed E-state index contributed by atoms with van der Waals surface area (Å²) in [6, 6.07) is 4.11. The van der Waals surface area contributed by atoms with Crippen LogP contribution in [-0.4, -0.2) is 55.1 Å². The lowest BCUT2D eigenvalue weighted by Crippen LogP contribution is -2.37. The van der Waals surface area contributed by atoms with E-state index in [2.05, 4.69) is 40.0 Å². The molecule has 0 fully saturated rings. The van der Waals surface area contributed by atoms with E-state index < -0.39 is 5.97 Å². The Balaban J connectivity index is 2.14. The van der Waals surface area contributed by atoms with Gasteiger partial charge in [-0.25, -0.2) is 4.98 Å². The van der Waals surface area contributed by atoms with Gasteiger partial charge in [-0.15, -0.1) is 0 Å². The van der Waals surface area contributed by atoms with Crippen LogP contribution in [0.25, 0.3) is 0 Å². The van der Waals surface area contributed by atoms with Crippen LogP contribution in [0.3, 0.4) is 0 Å². The summed E-state index contributed by atoms with van der Waals surface area (Å²) in [5.41, 5.74) is 0.919. The first-order valence-electron chi connectivity index (χ1n) is 9.54. The molecular weight excluding hydrogens is 330 g/mol. The van der Waals surface area contributed by atoms with Crippen LogP contribution in [0.15, 0.2) is 17.1 Å². The van der Waals surface area contributed by atoms with E-state index in [1.165, 1.54) is 12.8 Å². The number of carboxylic acids is 1. The molecule has 0 radical (unpaired) electrons. The van der Waals surface area contributed by atoms with Crippen molar-refractivity contribution in [3.8, 4) is 0 Å². The number of likely N-dealkylation sites (N-methyl/N-ethyl adjacent to an activating group) is 1. The SMILES string of the molecule is CCCCN(CCCC)c1ccc2c(n1)N(C)CC(=NCCC(=O)O)N2. The van der Waals surface area contributed by atoms with Crippen LogP contribution in [0.5, 0.6) is 0 Å². The van der Waals surface area contributed by atoms with Crippen LogP contribution < -0.4 is 15.1 Å². The highest BCUT2D eigenvalue weighted by Gasteiger charge is 2.21. The second-order valence-electron chi connectivity index (χ2n) is 6.69. The van der Waals surface area contributed by atoms with Crippen molar-refractivity contribution in [3.05, 3.63) is 12.1 Å². The van der Waals surface area contributed by atoms with E-state index in [9.17, 15) is 4.79 Å². The van der Waals surface area contributed by atoms with Crippen LogP contribution in [0.4, 0.5) is 17.3 Å². The van der Waals surface area contributed by atoms with Crippen molar-refractivity contribution in [2.75, 3.05) is 48.3 Å². The van der Waals surface area contributed by atoms with Crippen molar-refractivity contribution in [2.45, 2.75) is 46.0 Å². The highest BCUT2D eigenvalue weighted by Crippen LogP contribution is 2.29. The van der Waals surface area contributed by atoms with Crippen LogP contribution >= 0.6 is 0 Å². The molecule has 1 aliphatic heterocycles. The molecule has 0 saturated carbocycles. The third-order valence-corrected chi connectivity index (χ3v) is 4.40. The molecule has 2 N–H and O–H groups in total. The van der Waals surface area contributed by atoms with E-state index in [4.69, 9.17) is 10.1 Å². The van der Waals surface area contributed by atoms with Gasteiger partial charge in [0.2, 0.25) is 0 Å². The third kappa shape index (κ3) is 5.61. The maximum absolute atomic E-state index is 10.6. The summed E-state index contributed by atoms with van der Waals surface area (Å²) < 4.78 is 0. The van der Waals surface area contributed by atoms with Gasteiger partial charge in [-0.3, -0.25) is 9.79 Å². The van der Waals surface area contributed by atoms with Crippen molar-refractivity contribution in [2.24, 2.45) is 4.99 Å². The summed E-state index contributed by atoms with van der Waals surface area (Å²) >= 11 is 0. The quantitative estimate of drug-likeness (QED) is 0.666. The van der Waals surface area contributed by atoms with Crippen LogP contribution in [0.2, 0.25) is 0 Å². The van der Waals surface area contributed by atoms with Gasteiger partial charge in [0.1, 0.15) is 11.7 Å². The maximum Gasteiger partial charge on any atom is 0.305 e. The molecule has 1 aliphatic rings. The second-order valence-corrected chi connectivity index (χ2v) is 6.69. The Labute approximate surface area is 156 Å². The minimum atomic E-state index is -0.829. The number of aromatic nitrogens is 1. The Hall–Kier alpha value is -2.31. The van der Waals surface area contributed by atoms with Gasteiger partial charge in [0.15, 0.2) is 5.82 Å². The first-order valence-corrected chi connectivity index (χ1v) is 9.54. The zero-order valence-corrected chi connectivity index (χ0v) is 16.2. The first-order chi connectivity index (χ1) is 12.5. The number of anilines is 3. The molecule has 0 spiro atoms. The number of pyridine rings is 1. The molecule has 7 heteroatoms. The Kier molecular flexibility index (Phi) is 7.69. The maximum atomic E-state index is 10.6. The molecule has 1 aromatic rings. The molecule has 7 nitrogen and oxygen atoms in total. The van der Waals surface area contributed by atoms with Crippen molar-refractivity contribution < 1.29 is 9.90 Å². The molecule has 1 aromatic heterocycles. The van der Waals surface area contributed by atoms with Gasteiger partial charge in [0.25, 0.3) is 0 Å². The standard InChI is InChI=1S/C19H31N5O2/c1-4-6-12-24(13-7-5-2)17-9-8-15-19(22-17)23(3)14-16(21-15)20-11-10-18(25)26/h8-9H,4-7,10-14H2,1-3H3,(H,20,21)(H,25,26). The van der Waals surface area contributed by atoms with Crippen molar-refractivity contribution >= 4 is 29.1 Å². The minimum Gasteiger partial charge on any atom is -0.481 e. The highest BCUT2D eigenvalue weighted by atomic mass is 16.4. The smallest absolute Gasteiger partial charge is 0.305 e. The van der Waals surface area contributed by atoms with Gasteiger partial charge in [0, 0.05) is 20.1 Å². The third-order valence-electron chi connectivity index (χ3n) is 4.40. The van der Waals surface area contributed by atoms with E-state index in [-0.39, 0.29) is 13.0 Å². The molecule has 144 valence electrons. The van der Waals surface area contributed by atoms with E-state index in [0.29, 0.717) is 6.54 Å². The predicted octanol–water partition coefficient (Wildman–Crippen LogP) is 3.22. The number of nitrogens with one attached hydrogen (secondary N) is 1. The van der Waals surface area contributed by atoms with Crippen molar-refractivity contribution in [1.82, 2.24) is 4.98 Å². The van der Waals surface area contributed by atoms with Gasteiger partial charge in [-0.2, -0.15) is 0 Å². The molecular formula is C19H31N5O2. The molecule has 0 aliphatic carbocycles. The fourth-order valence-corrected chi connectivity index (χ4v) is 2.91. The highest BCUT2D eigenvalue weighted by molar-refractivity contribution is 6.04. The number of carbonyl (C=O) groups is 1. The minimum absolute atomic E-state index is 0.0444. The number of rotatable bonds is 10. The normalized spacial score (nSPS) is 14.9. The number of carboxylic acid groups (broad SMARTS) is 1. The fourth-order valence-electron chi connectivity index (χ4n) is 2.91. The zero-order chi connectivity index (χ0) is 18.9. The molecule has 0 atom stereocenters. The number of aliphatic carboxylic acids is 1. The average Bonchev–Trinajstić information content (AvgIpc) is 2.61. The number of hydrogen-bond acceptors (Lipinski definition) is 5. The second kappa shape index (κ2) is 9.99. The Morgan fingerprint density at radius 3 is 2.62 bits per heavy atom. The lowest BCUT2D eigenvalue weighted by atomic mass is 10.2. The lowest BCUT2D eigenvalue weighted by molar-refractivity contribution is -0.136. The van der Waals surface area contributed by atoms with Crippen LogP contribution in [0.1, 0.15) is 46.0 Å². The van der Waals surface area contributed by atoms with Gasteiger partial charge >= 0.3 is 5.97 Å². The number of nitrogens with zero attached hydrogens (tertiary/aromatic N) is 4. The average molecular weight is 361 g/mol. The summed E-state index contributed by atoms with van der Waals surface area (Å²) in [7, 11) is 1.99. The topological polar surface area (TPSA) is 81.1 Å². The number of aliphatic imine (C=N–C) groups is 1. The van der Waals surface area contributed by atoms with E-state index in [1.54, 1.807) is 0 Å². The largest absolute Gasteiger partial charge is 0.481 e. The van der Waals surface area contributed by atoms with Gasteiger partial charge in [-0.1, -0.05) is 26.7 Å². The summed E-state index contributed by atoms with van der Waals surface area (Å²) in [6.07, 6.45) is 4.72. The molecule has 2 rings (SSSR count). The van der Waals surface area contributed by atoms with Gasteiger partial charge < -0.3 is 20.2 Å². The number of hydrogen-bond donors (Lipinski definition) is 2. The van der Waals surface area contributed by atoms with Crippen LogP contribution in [0, 0.1) is 0 Å². The summed E-state index contributed by atoms with van der Waals surface area (Å²) in [6.45, 7) is 7.37. The molecule has 26 heavy (non-hydrogen) atoms. The summed E-state index contributed by atoms with van der Waals surface area (Å²) in [5.74, 6) is 1.89. The fraction of sp³-hybridized carbons (Fsp3) is 0.632. The Morgan fingerprint density at radius 2 is 2.00 bits per heavy atom. The van der Waals surface area contributed by atoms with Crippen molar-refractivity contribution in [1.29, 1.82) is 0 Å². The molecule has 0 unspecified atom stereocenters. The Bertz CT molecular complexity index is 624. The molecule has 0 saturated heterocycles. The number of fused-ring (bicyclic) bond motifs is 1. The number of amidine groups is 1. The van der Waals surface area contributed by atoms with Gasteiger partial charge in [0.05, 0.1) is 25.2 Å².